The molecule has 0 saturated heterocycles. The van der Waals surface area contributed by atoms with Crippen molar-refractivity contribution in [1.82, 2.24) is 0 Å². The van der Waals surface area contributed by atoms with Crippen molar-refractivity contribution in [2.45, 2.75) is 26.7 Å². The number of carbonyl (C=O) groups is 2. The molecule has 2 rings (SSSR count). The molecular weight excluding hydrogens is 384 g/mol. The minimum absolute atomic E-state index is 0.112. The second-order valence-corrected chi connectivity index (χ2v) is 7.68. The molecule has 1 amide bonds. The number of anilines is 1. The predicted octanol–water partition coefficient (Wildman–Crippen LogP) is 3.50. The Morgan fingerprint density at radius 3 is 2.56 bits per heavy atom. The number of benzene rings is 1. The summed E-state index contributed by atoms with van der Waals surface area (Å²) in [5.41, 5.74) is 1.98. The molecule has 1 heterocycles. The predicted molar refractivity (Wildman–Crippen MR) is 111 cm³/mol. The number of ether oxygens (including phenoxy) is 1. The Labute approximate surface area is 169 Å². The first kappa shape index (κ1) is 21.4. The SMILES string of the molecule is CCCC[NH+](C)CC(=O)Nc1scc(-c2ccc(Cl)cc2)c1C(=O)OCC. The molecule has 0 saturated carbocycles. The highest BCUT2D eigenvalue weighted by molar-refractivity contribution is 7.15. The fraction of sp³-hybridized carbons (Fsp3) is 0.400. The molecule has 1 aromatic heterocycles. The van der Waals surface area contributed by atoms with E-state index in [-0.39, 0.29) is 12.5 Å². The number of hydrogen-bond acceptors (Lipinski definition) is 4. The molecule has 0 aliphatic carbocycles. The largest absolute Gasteiger partial charge is 0.462 e. The van der Waals surface area contributed by atoms with Gasteiger partial charge in [0.1, 0.15) is 10.6 Å². The van der Waals surface area contributed by atoms with Crippen molar-refractivity contribution in [2.24, 2.45) is 0 Å². The number of esters is 1. The van der Waals surface area contributed by atoms with Crippen molar-refractivity contribution < 1.29 is 19.2 Å². The topological polar surface area (TPSA) is 59.8 Å². The van der Waals surface area contributed by atoms with Crippen LogP contribution in [0, 0.1) is 0 Å². The van der Waals surface area contributed by atoms with Crippen LogP contribution in [-0.4, -0.2) is 38.6 Å². The summed E-state index contributed by atoms with van der Waals surface area (Å²) < 4.78 is 5.21. The van der Waals surface area contributed by atoms with Crippen LogP contribution in [0.25, 0.3) is 11.1 Å². The Bertz CT molecular complexity index is 774. The molecule has 27 heavy (non-hydrogen) atoms. The number of hydrogen-bond donors (Lipinski definition) is 2. The van der Waals surface area contributed by atoms with Crippen LogP contribution in [-0.2, 0) is 9.53 Å². The zero-order valence-electron chi connectivity index (χ0n) is 15.9. The van der Waals surface area contributed by atoms with Crippen molar-refractivity contribution in [2.75, 3.05) is 32.1 Å². The lowest BCUT2D eigenvalue weighted by Gasteiger charge is -2.13. The van der Waals surface area contributed by atoms with Crippen molar-refractivity contribution in [3.63, 3.8) is 0 Å². The first-order chi connectivity index (χ1) is 13.0. The number of quaternary nitrogens is 1. The van der Waals surface area contributed by atoms with Gasteiger partial charge in [-0.05, 0) is 31.0 Å². The van der Waals surface area contributed by atoms with Crippen molar-refractivity contribution >= 4 is 39.8 Å². The maximum atomic E-state index is 12.5. The van der Waals surface area contributed by atoms with Gasteiger partial charge in [-0.15, -0.1) is 11.3 Å². The van der Waals surface area contributed by atoms with Gasteiger partial charge in [0.25, 0.3) is 5.91 Å². The maximum absolute atomic E-state index is 12.5. The first-order valence-corrected chi connectivity index (χ1v) is 10.4. The smallest absolute Gasteiger partial charge is 0.341 e. The molecule has 146 valence electrons. The fourth-order valence-corrected chi connectivity index (χ4v) is 3.81. The van der Waals surface area contributed by atoms with Crippen molar-refractivity contribution in [3.05, 3.63) is 40.2 Å². The number of halogens is 1. The van der Waals surface area contributed by atoms with E-state index in [4.69, 9.17) is 16.3 Å². The second-order valence-electron chi connectivity index (χ2n) is 6.37. The Morgan fingerprint density at radius 2 is 1.93 bits per heavy atom. The molecule has 0 fully saturated rings. The quantitative estimate of drug-likeness (QED) is 0.623. The van der Waals surface area contributed by atoms with E-state index in [2.05, 4.69) is 12.2 Å². The van der Waals surface area contributed by atoms with Crippen LogP contribution in [0.3, 0.4) is 0 Å². The van der Waals surface area contributed by atoms with Crippen molar-refractivity contribution in [1.29, 1.82) is 0 Å². The number of unbranched alkanes of at least 4 members (excludes halogenated alkanes) is 1. The van der Waals surface area contributed by atoms with Gasteiger partial charge < -0.3 is 15.0 Å². The molecule has 0 radical (unpaired) electrons. The lowest BCUT2D eigenvalue weighted by molar-refractivity contribution is -0.871. The number of nitrogens with one attached hydrogen (secondary N) is 2. The van der Waals surface area contributed by atoms with Gasteiger partial charge in [0.05, 0.1) is 20.2 Å². The minimum Gasteiger partial charge on any atom is -0.462 e. The fourth-order valence-electron chi connectivity index (χ4n) is 2.71. The van der Waals surface area contributed by atoms with Gasteiger partial charge in [-0.1, -0.05) is 37.1 Å². The molecule has 2 aromatic rings. The summed E-state index contributed by atoms with van der Waals surface area (Å²) >= 11 is 7.29. The molecule has 2 N–H and O–H groups in total. The molecule has 0 spiro atoms. The lowest BCUT2D eigenvalue weighted by Crippen LogP contribution is -3.10. The second kappa shape index (κ2) is 10.4. The number of rotatable bonds is 9. The van der Waals surface area contributed by atoms with Crippen LogP contribution in [0.5, 0.6) is 0 Å². The third kappa shape index (κ3) is 6.06. The molecule has 1 aromatic carbocycles. The van der Waals surface area contributed by atoms with E-state index in [1.54, 1.807) is 19.1 Å². The van der Waals surface area contributed by atoms with Gasteiger partial charge in [0.15, 0.2) is 6.54 Å². The van der Waals surface area contributed by atoms with Crippen LogP contribution in [0.2, 0.25) is 5.02 Å². The maximum Gasteiger partial charge on any atom is 0.341 e. The summed E-state index contributed by atoms with van der Waals surface area (Å²) in [6.07, 6.45) is 2.17. The van der Waals surface area contributed by atoms with E-state index < -0.39 is 5.97 Å². The molecule has 0 bridgehead atoms. The summed E-state index contributed by atoms with van der Waals surface area (Å²) in [7, 11) is 2.00. The van der Waals surface area contributed by atoms with Crippen molar-refractivity contribution in [3.8, 4) is 11.1 Å². The normalized spacial score (nSPS) is 11.9. The third-order valence-corrected chi connectivity index (χ3v) is 5.25. The monoisotopic (exact) mass is 409 g/mol. The van der Waals surface area contributed by atoms with Crippen LogP contribution >= 0.6 is 22.9 Å². The van der Waals surface area contributed by atoms with Gasteiger partial charge in [-0.2, -0.15) is 0 Å². The number of thiophene rings is 1. The molecule has 1 unspecified atom stereocenters. The summed E-state index contributed by atoms with van der Waals surface area (Å²) in [5, 5.41) is 5.89. The average Bonchev–Trinajstić information content (AvgIpc) is 3.04. The van der Waals surface area contributed by atoms with Gasteiger partial charge in [0.2, 0.25) is 0 Å². The molecule has 1 atom stereocenters. The Hall–Kier alpha value is -1.89. The van der Waals surface area contributed by atoms with E-state index in [0.717, 1.165) is 35.4 Å². The van der Waals surface area contributed by atoms with Gasteiger partial charge in [-0.3, -0.25) is 4.79 Å². The zero-order chi connectivity index (χ0) is 19.8. The Balaban J connectivity index is 2.24. The molecule has 7 heteroatoms. The van der Waals surface area contributed by atoms with Crippen LogP contribution < -0.4 is 10.2 Å². The average molecular weight is 410 g/mol. The highest BCUT2D eigenvalue weighted by atomic mass is 35.5. The Kier molecular flexibility index (Phi) is 8.28. The van der Waals surface area contributed by atoms with E-state index in [0.29, 0.717) is 22.1 Å². The highest BCUT2D eigenvalue weighted by Gasteiger charge is 2.23. The van der Waals surface area contributed by atoms with Gasteiger partial charge >= 0.3 is 5.97 Å². The first-order valence-electron chi connectivity index (χ1n) is 9.11. The number of amides is 1. The minimum atomic E-state index is -0.439. The lowest BCUT2D eigenvalue weighted by atomic mass is 10.0. The van der Waals surface area contributed by atoms with Crippen LogP contribution in [0.15, 0.2) is 29.6 Å². The van der Waals surface area contributed by atoms with Gasteiger partial charge in [-0.25, -0.2) is 4.79 Å². The van der Waals surface area contributed by atoms with E-state index in [1.165, 1.54) is 11.3 Å². The summed E-state index contributed by atoms with van der Waals surface area (Å²) in [5.74, 6) is -0.552. The molecular formula is C20H26ClN2O3S+. The van der Waals surface area contributed by atoms with Crippen LogP contribution in [0.4, 0.5) is 5.00 Å². The Morgan fingerprint density at radius 1 is 1.22 bits per heavy atom. The standard InChI is InChI=1S/C20H25ClN2O3S/c1-4-6-11-23(3)12-17(24)22-19-18(20(25)26-5-2)16(13-27-19)14-7-9-15(21)10-8-14/h7-10,13H,4-6,11-12H2,1-3H3,(H,22,24)/p+1. The molecule has 5 nitrogen and oxygen atoms in total. The van der Waals surface area contributed by atoms with E-state index >= 15 is 0 Å². The van der Waals surface area contributed by atoms with Crippen LogP contribution in [0.1, 0.15) is 37.0 Å². The van der Waals surface area contributed by atoms with E-state index in [9.17, 15) is 9.59 Å². The third-order valence-electron chi connectivity index (χ3n) is 4.10. The summed E-state index contributed by atoms with van der Waals surface area (Å²) in [6.45, 7) is 5.46. The van der Waals surface area contributed by atoms with Gasteiger partial charge in [0, 0.05) is 16.0 Å². The van der Waals surface area contributed by atoms with E-state index in [1.807, 2.05) is 24.6 Å². The number of carbonyl (C=O) groups excluding carboxylic acids is 2. The summed E-state index contributed by atoms with van der Waals surface area (Å²) in [4.78, 5) is 26.1. The highest BCUT2D eigenvalue weighted by Crippen LogP contribution is 2.36. The zero-order valence-corrected chi connectivity index (χ0v) is 17.5. The molecule has 0 aliphatic heterocycles. The summed E-state index contributed by atoms with van der Waals surface area (Å²) in [6, 6.07) is 7.24. The number of likely N-dealkylation sites (N-methyl/N-ethyl adjacent to an activating group) is 1. The molecule has 0 aliphatic rings.